The second kappa shape index (κ2) is 9.56. The Morgan fingerprint density at radius 2 is 1.85 bits per heavy atom. The predicted octanol–water partition coefficient (Wildman–Crippen LogP) is 5.01. The Balaban J connectivity index is 1.32. The first-order valence-corrected chi connectivity index (χ1v) is 11.0. The summed E-state index contributed by atoms with van der Waals surface area (Å²) in [5.41, 5.74) is 2.95. The summed E-state index contributed by atoms with van der Waals surface area (Å²) in [6.45, 7) is 3.11. The molecule has 4 aromatic rings. The molecule has 0 spiro atoms. The summed E-state index contributed by atoms with van der Waals surface area (Å²) in [6, 6.07) is 14.2. The first kappa shape index (κ1) is 21.4. The number of morpholine rings is 1. The molecule has 2 N–H and O–H groups in total. The van der Waals surface area contributed by atoms with Gasteiger partial charge in [-0.15, -0.1) is 0 Å². The highest BCUT2D eigenvalue weighted by atomic mass is 35.5. The van der Waals surface area contributed by atoms with Crippen molar-refractivity contribution in [2.45, 2.75) is 6.54 Å². The van der Waals surface area contributed by atoms with E-state index in [0.29, 0.717) is 35.6 Å². The summed E-state index contributed by atoms with van der Waals surface area (Å²) in [7, 11) is 0. The molecule has 0 aliphatic carbocycles. The lowest BCUT2D eigenvalue weighted by atomic mass is 10.1. The number of rotatable bonds is 6. The van der Waals surface area contributed by atoms with Crippen molar-refractivity contribution in [3.8, 4) is 0 Å². The molecule has 168 valence electrons. The number of hydrogen-bond donors (Lipinski definition) is 2. The van der Waals surface area contributed by atoms with Gasteiger partial charge >= 0.3 is 0 Å². The normalized spacial score (nSPS) is 13.8. The van der Waals surface area contributed by atoms with Gasteiger partial charge in [0.15, 0.2) is 0 Å². The first-order valence-electron chi connectivity index (χ1n) is 10.6. The van der Waals surface area contributed by atoms with Crippen LogP contribution >= 0.6 is 11.6 Å². The van der Waals surface area contributed by atoms with Crippen LogP contribution in [-0.2, 0) is 11.3 Å². The maximum absolute atomic E-state index is 14.5. The van der Waals surface area contributed by atoms with Crippen molar-refractivity contribution in [1.29, 1.82) is 0 Å². The van der Waals surface area contributed by atoms with E-state index in [0.717, 1.165) is 35.4 Å². The number of benzene rings is 2. The molecule has 1 fully saturated rings. The first-order chi connectivity index (χ1) is 16.2. The van der Waals surface area contributed by atoms with Crippen molar-refractivity contribution in [1.82, 2.24) is 15.0 Å². The number of nitrogens with zero attached hydrogens (tertiary/aromatic N) is 4. The van der Waals surface area contributed by atoms with Gasteiger partial charge in [0.25, 0.3) is 0 Å². The van der Waals surface area contributed by atoms with Gasteiger partial charge in [-0.25, -0.2) is 9.37 Å². The van der Waals surface area contributed by atoms with E-state index in [4.69, 9.17) is 16.3 Å². The van der Waals surface area contributed by atoms with E-state index in [1.165, 1.54) is 6.07 Å². The van der Waals surface area contributed by atoms with Gasteiger partial charge in [-0.05, 0) is 48.5 Å². The molecule has 33 heavy (non-hydrogen) atoms. The minimum atomic E-state index is -0.290. The molecule has 0 atom stereocenters. The molecule has 2 aromatic carbocycles. The average Bonchev–Trinajstić information content (AvgIpc) is 2.85. The number of hydrogen-bond acceptors (Lipinski definition) is 7. The fourth-order valence-corrected chi connectivity index (χ4v) is 3.89. The molecule has 7 nitrogen and oxygen atoms in total. The minimum Gasteiger partial charge on any atom is -0.378 e. The summed E-state index contributed by atoms with van der Waals surface area (Å²) in [6.07, 6.45) is 3.42. The number of fused-ring (bicyclic) bond motifs is 1. The number of halogens is 2. The predicted molar refractivity (Wildman–Crippen MR) is 129 cm³/mol. The quantitative estimate of drug-likeness (QED) is 0.415. The molecule has 1 aliphatic heterocycles. The van der Waals surface area contributed by atoms with Gasteiger partial charge in [0.2, 0.25) is 5.95 Å². The monoisotopic (exact) mass is 464 g/mol. The van der Waals surface area contributed by atoms with Gasteiger partial charge in [-0.1, -0.05) is 11.6 Å². The molecule has 0 saturated carbocycles. The summed E-state index contributed by atoms with van der Waals surface area (Å²) in [4.78, 5) is 15.4. The van der Waals surface area contributed by atoms with Gasteiger partial charge in [0.1, 0.15) is 11.6 Å². The van der Waals surface area contributed by atoms with Gasteiger partial charge < -0.3 is 20.3 Å². The molecule has 0 radical (unpaired) electrons. The molecular formula is C24H22ClFN6O. The molecule has 5 rings (SSSR count). The van der Waals surface area contributed by atoms with Crippen LogP contribution in [0, 0.1) is 5.82 Å². The highest BCUT2D eigenvalue weighted by Crippen LogP contribution is 2.28. The average molecular weight is 465 g/mol. The van der Waals surface area contributed by atoms with Gasteiger partial charge in [-0.2, -0.15) is 4.98 Å². The molecule has 0 amide bonds. The Labute approximate surface area is 195 Å². The molecule has 1 saturated heterocycles. The molecule has 3 heterocycles. The Bertz CT molecular complexity index is 1280. The Kier molecular flexibility index (Phi) is 6.19. The fourth-order valence-electron chi connectivity index (χ4n) is 3.72. The number of nitrogens with one attached hydrogen (secondary N) is 2. The summed E-state index contributed by atoms with van der Waals surface area (Å²) in [5.74, 6) is 0.993. The van der Waals surface area contributed by atoms with Crippen LogP contribution in [0.3, 0.4) is 0 Å². The third-order valence-electron chi connectivity index (χ3n) is 5.43. The molecular weight excluding hydrogens is 443 g/mol. The van der Waals surface area contributed by atoms with E-state index < -0.39 is 0 Å². The molecule has 1 aliphatic rings. The second-order valence-electron chi connectivity index (χ2n) is 7.65. The van der Waals surface area contributed by atoms with Crippen molar-refractivity contribution in [3.05, 3.63) is 77.3 Å². The number of aromatic nitrogens is 3. The number of anilines is 4. The van der Waals surface area contributed by atoms with Gasteiger partial charge in [0, 0.05) is 59.4 Å². The number of ether oxygens (including phenoxy) is 1. The zero-order valence-corrected chi connectivity index (χ0v) is 18.5. The van der Waals surface area contributed by atoms with Gasteiger partial charge in [0.05, 0.1) is 18.7 Å². The molecule has 0 unspecified atom stereocenters. The smallest absolute Gasteiger partial charge is 0.227 e. The van der Waals surface area contributed by atoms with Crippen molar-refractivity contribution in [2.75, 3.05) is 41.8 Å². The lowest BCUT2D eigenvalue weighted by Crippen LogP contribution is -2.37. The van der Waals surface area contributed by atoms with Crippen LogP contribution in [0.5, 0.6) is 0 Å². The topological polar surface area (TPSA) is 75.2 Å². The van der Waals surface area contributed by atoms with Crippen LogP contribution in [0.25, 0.3) is 10.9 Å². The van der Waals surface area contributed by atoms with E-state index in [9.17, 15) is 4.39 Å². The van der Waals surface area contributed by atoms with Gasteiger partial charge in [-0.3, -0.25) is 4.98 Å². The highest BCUT2D eigenvalue weighted by molar-refractivity contribution is 6.31. The Morgan fingerprint density at radius 1 is 1.00 bits per heavy atom. The van der Waals surface area contributed by atoms with Crippen LogP contribution in [0.2, 0.25) is 5.02 Å². The van der Waals surface area contributed by atoms with E-state index in [-0.39, 0.29) is 12.4 Å². The Hall–Kier alpha value is -3.49. The minimum absolute atomic E-state index is 0.285. The summed E-state index contributed by atoms with van der Waals surface area (Å²) in [5, 5.41) is 8.13. The van der Waals surface area contributed by atoms with Crippen LogP contribution in [0.15, 0.2) is 60.9 Å². The van der Waals surface area contributed by atoms with E-state index >= 15 is 0 Å². The lowest BCUT2D eigenvalue weighted by Gasteiger charge is -2.26. The van der Waals surface area contributed by atoms with E-state index in [2.05, 4.69) is 30.5 Å². The standard InChI is InChI=1S/C24H22ClFN6O/c25-17-1-3-19-21(5-7-27-22(19)14-17)30-18-2-4-20(26)16(13-18)15-29-23-6-8-28-24(31-23)32-9-11-33-12-10-32/h1-8,13-14H,9-12,15H2,(H,27,30)(H,28,29,31). The molecule has 0 bridgehead atoms. The third-order valence-corrected chi connectivity index (χ3v) is 5.66. The van der Waals surface area contributed by atoms with Crippen LogP contribution in [0.1, 0.15) is 5.56 Å². The zero-order chi connectivity index (χ0) is 22.6. The number of pyridine rings is 1. The molecule has 9 heteroatoms. The van der Waals surface area contributed by atoms with E-state index in [1.54, 1.807) is 30.6 Å². The van der Waals surface area contributed by atoms with Crippen LogP contribution < -0.4 is 15.5 Å². The van der Waals surface area contributed by atoms with E-state index in [1.807, 2.05) is 24.3 Å². The van der Waals surface area contributed by atoms with Crippen LogP contribution in [0.4, 0.5) is 27.5 Å². The van der Waals surface area contributed by atoms with Crippen LogP contribution in [-0.4, -0.2) is 41.3 Å². The Morgan fingerprint density at radius 3 is 2.73 bits per heavy atom. The molecule has 2 aromatic heterocycles. The zero-order valence-electron chi connectivity index (χ0n) is 17.8. The second-order valence-corrected chi connectivity index (χ2v) is 8.08. The maximum atomic E-state index is 14.5. The highest BCUT2D eigenvalue weighted by Gasteiger charge is 2.14. The fraction of sp³-hybridized carbons (Fsp3) is 0.208. The largest absolute Gasteiger partial charge is 0.378 e. The van der Waals surface area contributed by atoms with Crippen molar-refractivity contribution >= 4 is 45.6 Å². The summed E-state index contributed by atoms with van der Waals surface area (Å²) < 4.78 is 19.9. The third kappa shape index (κ3) is 4.97. The maximum Gasteiger partial charge on any atom is 0.227 e. The lowest BCUT2D eigenvalue weighted by molar-refractivity contribution is 0.122. The van der Waals surface area contributed by atoms with Crippen molar-refractivity contribution in [3.63, 3.8) is 0 Å². The van der Waals surface area contributed by atoms with Crippen molar-refractivity contribution in [2.24, 2.45) is 0 Å². The summed E-state index contributed by atoms with van der Waals surface area (Å²) >= 11 is 6.08. The van der Waals surface area contributed by atoms with Crippen molar-refractivity contribution < 1.29 is 9.13 Å². The SMILES string of the molecule is Fc1ccc(Nc2ccnc3cc(Cl)ccc23)cc1CNc1ccnc(N2CCOCC2)n1.